The molecule has 10 heteroatoms. The Labute approximate surface area is 117 Å². The van der Waals surface area contributed by atoms with E-state index in [2.05, 4.69) is 25.4 Å². The molecular formula is C10H7BrF6O3. The summed E-state index contributed by atoms with van der Waals surface area (Å²) in [6.07, 6.45) is -14.4. The second kappa shape index (κ2) is 6.19. The first-order valence-corrected chi connectivity index (χ1v) is 5.69. The fourth-order valence-corrected chi connectivity index (χ4v) is 1.61. The van der Waals surface area contributed by atoms with Crippen LogP contribution >= 0.6 is 15.9 Å². The van der Waals surface area contributed by atoms with Crippen molar-refractivity contribution in [1.82, 2.24) is 0 Å². The second-order valence-corrected chi connectivity index (χ2v) is 4.32. The summed E-state index contributed by atoms with van der Waals surface area (Å²) in [5.74, 6) is -0.611. The lowest BCUT2D eigenvalue weighted by molar-refractivity contribution is -0.411. The fourth-order valence-electron chi connectivity index (χ4n) is 1.10. The summed E-state index contributed by atoms with van der Waals surface area (Å²) >= 11 is 2.80. The van der Waals surface area contributed by atoms with Gasteiger partial charge in [0.1, 0.15) is 5.75 Å². The Balaban J connectivity index is 2.85. The number of rotatable bonds is 5. The Kier molecular flexibility index (Phi) is 5.27. The van der Waals surface area contributed by atoms with Crippen molar-refractivity contribution in [2.24, 2.45) is 0 Å². The predicted octanol–water partition coefficient (Wildman–Crippen LogP) is 3.75. The zero-order valence-electron chi connectivity index (χ0n) is 9.43. The number of hydrogen-bond acceptors (Lipinski definition) is 3. The molecule has 20 heavy (non-hydrogen) atoms. The number of halogens is 7. The van der Waals surface area contributed by atoms with Crippen molar-refractivity contribution in [3.8, 4) is 5.75 Å². The van der Waals surface area contributed by atoms with Gasteiger partial charge in [-0.15, -0.1) is 13.2 Å². The first-order chi connectivity index (χ1) is 9.05. The molecule has 0 saturated heterocycles. The summed E-state index contributed by atoms with van der Waals surface area (Å²) in [4.78, 5) is 0. The van der Waals surface area contributed by atoms with E-state index in [1.165, 1.54) is 12.1 Å². The quantitative estimate of drug-likeness (QED) is 0.804. The average Bonchev–Trinajstić information content (AvgIpc) is 2.29. The molecule has 0 aliphatic rings. The van der Waals surface area contributed by atoms with Gasteiger partial charge in [0.25, 0.3) is 0 Å². The van der Waals surface area contributed by atoms with Crippen molar-refractivity contribution in [1.29, 1.82) is 0 Å². The lowest BCUT2D eigenvalue weighted by Gasteiger charge is -2.22. The summed E-state index contributed by atoms with van der Waals surface area (Å²) < 4.78 is 80.3. The molecular weight excluding hydrogens is 362 g/mol. The van der Waals surface area contributed by atoms with Gasteiger partial charge in [0, 0.05) is 0 Å². The molecule has 0 aliphatic carbocycles. The molecule has 0 spiro atoms. The third-order valence-corrected chi connectivity index (χ3v) is 2.55. The highest BCUT2D eigenvalue weighted by atomic mass is 79.9. The smallest absolute Gasteiger partial charge is 0.427 e. The standard InChI is InChI=1S/C10H7BrF6O3/c11-6-3-5(4-18)1-2-7(6)19-9(13,14)8(12)20-10(15,16)17/h1-3,8,18H,4H2/t8-/m0/s1. The summed E-state index contributed by atoms with van der Waals surface area (Å²) in [5, 5.41) is 8.79. The van der Waals surface area contributed by atoms with Crippen LogP contribution in [0.3, 0.4) is 0 Å². The lowest BCUT2D eigenvalue weighted by Crippen LogP contribution is -2.41. The summed E-state index contributed by atoms with van der Waals surface area (Å²) in [7, 11) is 0. The molecule has 3 nitrogen and oxygen atoms in total. The van der Waals surface area contributed by atoms with Gasteiger partial charge in [0.05, 0.1) is 11.1 Å². The molecule has 1 N–H and O–H groups in total. The minimum atomic E-state index is -5.57. The van der Waals surface area contributed by atoms with E-state index in [0.29, 0.717) is 5.56 Å². The molecule has 0 bridgehead atoms. The molecule has 114 valence electrons. The van der Waals surface area contributed by atoms with E-state index < -0.39 is 31.2 Å². The van der Waals surface area contributed by atoms with E-state index in [-0.39, 0.29) is 4.47 Å². The first kappa shape index (κ1) is 17.1. The molecule has 1 aromatic carbocycles. The molecule has 0 saturated carbocycles. The highest BCUT2D eigenvalue weighted by Crippen LogP contribution is 2.35. The molecule has 0 unspecified atom stereocenters. The van der Waals surface area contributed by atoms with Gasteiger partial charge in [-0.25, -0.2) is 9.13 Å². The van der Waals surface area contributed by atoms with Crippen LogP contribution in [0, 0.1) is 0 Å². The van der Waals surface area contributed by atoms with Gasteiger partial charge in [-0.1, -0.05) is 6.07 Å². The van der Waals surface area contributed by atoms with Crippen LogP contribution in [0.25, 0.3) is 0 Å². The number of aliphatic hydroxyl groups is 1. The maximum atomic E-state index is 13.1. The van der Waals surface area contributed by atoms with Gasteiger partial charge < -0.3 is 9.84 Å². The Morgan fingerprint density at radius 1 is 1.20 bits per heavy atom. The highest BCUT2D eigenvalue weighted by Gasteiger charge is 2.50. The normalized spacial score (nSPS) is 14.2. The van der Waals surface area contributed by atoms with Crippen LogP contribution < -0.4 is 4.74 Å². The van der Waals surface area contributed by atoms with Crippen LogP contribution in [-0.4, -0.2) is 23.9 Å². The molecule has 0 heterocycles. The van der Waals surface area contributed by atoms with Gasteiger partial charge in [-0.3, -0.25) is 0 Å². The minimum absolute atomic E-state index is 0.0945. The van der Waals surface area contributed by atoms with E-state index in [4.69, 9.17) is 5.11 Å². The van der Waals surface area contributed by atoms with Crippen LogP contribution in [0.4, 0.5) is 26.3 Å². The van der Waals surface area contributed by atoms with E-state index in [0.717, 1.165) is 6.07 Å². The monoisotopic (exact) mass is 368 g/mol. The highest BCUT2D eigenvalue weighted by molar-refractivity contribution is 9.10. The van der Waals surface area contributed by atoms with Crippen LogP contribution in [0.1, 0.15) is 5.56 Å². The molecule has 0 aliphatic heterocycles. The van der Waals surface area contributed by atoms with Crippen LogP contribution in [0.15, 0.2) is 22.7 Å². The molecule has 0 amide bonds. The summed E-state index contributed by atoms with van der Waals surface area (Å²) in [6.45, 7) is -0.391. The zero-order valence-corrected chi connectivity index (χ0v) is 11.0. The van der Waals surface area contributed by atoms with Gasteiger partial charge in [0.2, 0.25) is 0 Å². The first-order valence-electron chi connectivity index (χ1n) is 4.90. The molecule has 1 atom stereocenters. The maximum absolute atomic E-state index is 13.1. The Hall–Kier alpha value is -1.00. The van der Waals surface area contributed by atoms with Gasteiger partial charge in [-0.05, 0) is 33.6 Å². The van der Waals surface area contributed by atoms with Crippen LogP contribution in [-0.2, 0) is 11.3 Å². The van der Waals surface area contributed by atoms with E-state index in [1.807, 2.05) is 0 Å². The number of alkyl halides is 6. The van der Waals surface area contributed by atoms with Gasteiger partial charge >= 0.3 is 18.8 Å². The third-order valence-electron chi connectivity index (χ3n) is 1.93. The number of benzene rings is 1. The maximum Gasteiger partial charge on any atom is 0.525 e. The molecule has 0 aromatic heterocycles. The molecule has 1 aromatic rings. The SMILES string of the molecule is OCc1ccc(OC(F)(F)[C@@H](F)OC(F)(F)F)c(Br)c1. The lowest BCUT2D eigenvalue weighted by atomic mass is 10.2. The van der Waals surface area contributed by atoms with Gasteiger partial charge in [0.15, 0.2) is 0 Å². The fraction of sp³-hybridized carbons (Fsp3) is 0.400. The summed E-state index contributed by atoms with van der Waals surface area (Å²) in [6, 6.07) is 3.29. The zero-order chi connectivity index (χ0) is 15.6. The second-order valence-electron chi connectivity index (χ2n) is 3.47. The Bertz CT molecular complexity index is 465. The molecule has 1 rings (SSSR count). The van der Waals surface area contributed by atoms with Crippen molar-refractivity contribution in [3.05, 3.63) is 28.2 Å². The Morgan fingerprint density at radius 2 is 1.80 bits per heavy atom. The van der Waals surface area contributed by atoms with Gasteiger partial charge in [-0.2, -0.15) is 8.78 Å². The topological polar surface area (TPSA) is 38.7 Å². The van der Waals surface area contributed by atoms with Crippen molar-refractivity contribution in [2.45, 2.75) is 25.4 Å². The van der Waals surface area contributed by atoms with Crippen molar-refractivity contribution in [3.63, 3.8) is 0 Å². The third kappa shape index (κ3) is 4.84. The predicted molar refractivity (Wildman–Crippen MR) is 57.7 cm³/mol. The molecule has 0 fully saturated rings. The van der Waals surface area contributed by atoms with Crippen LogP contribution in [0.2, 0.25) is 0 Å². The van der Waals surface area contributed by atoms with E-state index >= 15 is 0 Å². The number of ether oxygens (including phenoxy) is 2. The van der Waals surface area contributed by atoms with Crippen molar-refractivity contribution >= 4 is 15.9 Å². The van der Waals surface area contributed by atoms with Crippen LogP contribution in [0.5, 0.6) is 5.75 Å². The van der Waals surface area contributed by atoms with Crippen molar-refractivity contribution < 1.29 is 40.9 Å². The average molecular weight is 369 g/mol. The summed E-state index contributed by atoms with van der Waals surface area (Å²) in [5.41, 5.74) is 0.330. The minimum Gasteiger partial charge on any atom is -0.427 e. The van der Waals surface area contributed by atoms with E-state index in [1.54, 1.807) is 0 Å². The largest absolute Gasteiger partial charge is 0.525 e. The number of aliphatic hydroxyl groups excluding tert-OH is 1. The van der Waals surface area contributed by atoms with Crippen molar-refractivity contribution in [2.75, 3.05) is 0 Å². The number of hydrogen-bond donors (Lipinski definition) is 1. The molecule has 0 radical (unpaired) electrons. The Morgan fingerprint density at radius 3 is 2.25 bits per heavy atom. The van der Waals surface area contributed by atoms with E-state index in [9.17, 15) is 26.3 Å².